The number of ether oxygens (including phenoxy) is 1. The van der Waals surface area contributed by atoms with E-state index in [4.69, 9.17) is 15.3 Å². The summed E-state index contributed by atoms with van der Waals surface area (Å²) in [6.45, 7) is 2.16. The van der Waals surface area contributed by atoms with Gasteiger partial charge in [-0.05, 0) is 61.1 Å². The highest BCUT2D eigenvalue weighted by Crippen LogP contribution is 2.26. The van der Waals surface area contributed by atoms with E-state index >= 15 is 0 Å². The van der Waals surface area contributed by atoms with Crippen molar-refractivity contribution in [3.05, 3.63) is 70.8 Å². The van der Waals surface area contributed by atoms with Gasteiger partial charge in [-0.25, -0.2) is 0 Å². The average molecular weight is 332 g/mol. The largest absolute Gasteiger partial charge is 0.466 e. The topological polar surface area (TPSA) is 73.9 Å². The molecule has 4 nitrogen and oxygen atoms in total. The minimum Gasteiger partial charge on any atom is -0.466 e. The molecule has 0 saturated carbocycles. The molecule has 2 aromatic rings. The molecule has 0 aliphatic carbocycles. The van der Waals surface area contributed by atoms with E-state index in [1.807, 2.05) is 30.3 Å². The molecule has 2 rings (SSSR count). The van der Waals surface area contributed by atoms with Crippen molar-refractivity contribution in [3.63, 3.8) is 0 Å². The second kappa shape index (κ2) is 9.25. The average Bonchev–Trinajstić information content (AvgIpc) is 2.65. The zero-order valence-corrected chi connectivity index (χ0v) is 14.2. The van der Waals surface area contributed by atoms with Crippen molar-refractivity contribution in [1.29, 1.82) is 10.5 Å². The van der Waals surface area contributed by atoms with E-state index in [1.165, 1.54) is 0 Å². The second-order valence-electron chi connectivity index (χ2n) is 5.79. The maximum Gasteiger partial charge on any atom is 0.306 e. The molecule has 4 heteroatoms. The molecule has 1 atom stereocenters. The minimum absolute atomic E-state index is 0.0116. The molecule has 0 radical (unpaired) electrons. The molecule has 1 unspecified atom stereocenters. The first-order valence-electron chi connectivity index (χ1n) is 8.31. The predicted octanol–water partition coefficient (Wildman–Crippen LogP) is 4.10. The van der Waals surface area contributed by atoms with E-state index in [-0.39, 0.29) is 11.9 Å². The van der Waals surface area contributed by atoms with Crippen molar-refractivity contribution in [2.45, 2.75) is 32.1 Å². The van der Waals surface area contributed by atoms with Crippen LogP contribution < -0.4 is 0 Å². The summed E-state index contributed by atoms with van der Waals surface area (Å²) in [5.41, 5.74) is 3.32. The van der Waals surface area contributed by atoms with Crippen LogP contribution in [0.25, 0.3) is 0 Å². The van der Waals surface area contributed by atoms with Crippen LogP contribution in [0.3, 0.4) is 0 Å². The molecule has 0 aliphatic heterocycles. The highest BCUT2D eigenvalue weighted by molar-refractivity contribution is 5.70. The minimum atomic E-state index is -0.220. The van der Waals surface area contributed by atoms with E-state index in [0.717, 1.165) is 24.0 Å². The van der Waals surface area contributed by atoms with Crippen LogP contribution in [0.5, 0.6) is 0 Å². The van der Waals surface area contributed by atoms with Crippen LogP contribution in [0.15, 0.2) is 48.5 Å². The van der Waals surface area contributed by atoms with Crippen LogP contribution in [-0.2, 0) is 16.0 Å². The fourth-order valence-electron chi connectivity index (χ4n) is 2.77. The molecule has 0 amide bonds. The lowest BCUT2D eigenvalue weighted by molar-refractivity contribution is -0.143. The maximum atomic E-state index is 11.9. The normalized spacial score (nSPS) is 11.2. The summed E-state index contributed by atoms with van der Waals surface area (Å²) in [7, 11) is 0. The Morgan fingerprint density at radius 2 is 1.80 bits per heavy atom. The summed E-state index contributed by atoms with van der Waals surface area (Å²) < 4.78 is 5.09. The summed E-state index contributed by atoms with van der Waals surface area (Å²) in [5.74, 6) is -0.208. The molecule has 0 N–H and O–H groups in total. The first kappa shape index (κ1) is 18.2. The molecule has 0 aliphatic rings. The van der Waals surface area contributed by atoms with Crippen LogP contribution >= 0.6 is 0 Å². The number of hydrogen-bond acceptors (Lipinski definition) is 4. The summed E-state index contributed by atoms with van der Waals surface area (Å²) in [6.07, 6.45) is 1.83. The molecule has 126 valence electrons. The Morgan fingerprint density at radius 1 is 1.08 bits per heavy atom. The van der Waals surface area contributed by atoms with Gasteiger partial charge in [-0.2, -0.15) is 10.5 Å². The van der Waals surface area contributed by atoms with Crippen molar-refractivity contribution in [1.82, 2.24) is 0 Å². The van der Waals surface area contributed by atoms with Gasteiger partial charge in [0.1, 0.15) is 0 Å². The number of hydrogen-bond donors (Lipinski definition) is 0. The number of aryl methyl sites for hydroxylation is 1. The lowest BCUT2D eigenvalue weighted by Gasteiger charge is -2.17. The highest BCUT2D eigenvalue weighted by atomic mass is 16.5. The predicted molar refractivity (Wildman–Crippen MR) is 94.6 cm³/mol. The Kier molecular flexibility index (Phi) is 6.75. The zero-order valence-electron chi connectivity index (χ0n) is 14.2. The Morgan fingerprint density at radius 3 is 2.44 bits per heavy atom. The molecule has 25 heavy (non-hydrogen) atoms. The van der Waals surface area contributed by atoms with Gasteiger partial charge in [0.05, 0.1) is 36.3 Å². The van der Waals surface area contributed by atoms with Gasteiger partial charge in [0.15, 0.2) is 0 Å². The van der Waals surface area contributed by atoms with Crippen LogP contribution in [0.4, 0.5) is 0 Å². The number of nitrogens with zero attached hydrogens (tertiary/aromatic N) is 2. The molecular weight excluding hydrogens is 312 g/mol. The Labute approximate surface area is 148 Å². The highest BCUT2D eigenvalue weighted by Gasteiger charge is 2.17. The van der Waals surface area contributed by atoms with Crippen molar-refractivity contribution in [2.75, 3.05) is 6.61 Å². The summed E-state index contributed by atoms with van der Waals surface area (Å²) in [6, 6.07) is 19.1. The van der Waals surface area contributed by atoms with Gasteiger partial charge in [0.2, 0.25) is 0 Å². The van der Waals surface area contributed by atoms with Crippen LogP contribution in [0, 0.1) is 22.7 Å². The fraction of sp³-hybridized carbons (Fsp3) is 0.286. The van der Waals surface area contributed by atoms with Crippen molar-refractivity contribution in [2.24, 2.45) is 0 Å². The summed E-state index contributed by atoms with van der Waals surface area (Å²) >= 11 is 0. The van der Waals surface area contributed by atoms with Crippen molar-refractivity contribution < 1.29 is 9.53 Å². The lowest BCUT2D eigenvalue weighted by atomic mass is 9.89. The number of carbonyl (C=O) groups is 1. The Balaban J connectivity index is 2.14. The molecule has 0 aromatic heterocycles. The Bertz CT molecular complexity index is 798. The monoisotopic (exact) mass is 332 g/mol. The van der Waals surface area contributed by atoms with E-state index in [0.29, 0.717) is 24.2 Å². The summed E-state index contributed by atoms with van der Waals surface area (Å²) in [4.78, 5) is 11.9. The van der Waals surface area contributed by atoms with Gasteiger partial charge >= 0.3 is 5.97 Å². The number of esters is 1. The first-order chi connectivity index (χ1) is 12.2. The number of nitriles is 2. The third kappa shape index (κ3) is 5.48. The van der Waals surface area contributed by atoms with E-state index < -0.39 is 0 Å². The Hall–Kier alpha value is -3.11. The van der Waals surface area contributed by atoms with Crippen molar-refractivity contribution >= 4 is 5.97 Å². The van der Waals surface area contributed by atoms with Crippen LogP contribution in [-0.4, -0.2) is 12.6 Å². The quantitative estimate of drug-likeness (QED) is 0.715. The first-order valence-corrected chi connectivity index (χ1v) is 8.31. The van der Waals surface area contributed by atoms with E-state index in [9.17, 15) is 4.79 Å². The smallest absolute Gasteiger partial charge is 0.306 e. The molecule has 2 aromatic carbocycles. The van der Waals surface area contributed by atoms with Gasteiger partial charge in [0, 0.05) is 0 Å². The molecule has 0 bridgehead atoms. The van der Waals surface area contributed by atoms with Crippen LogP contribution in [0.2, 0.25) is 0 Å². The zero-order chi connectivity index (χ0) is 18.1. The van der Waals surface area contributed by atoms with Gasteiger partial charge in [0.25, 0.3) is 0 Å². The van der Waals surface area contributed by atoms with E-state index in [2.05, 4.69) is 12.1 Å². The lowest BCUT2D eigenvalue weighted by Crippen LogP contribution is -2.11. The molecule has 0 saturated heterocycles. The fourth-order valence-corrected chi connectivity index (χ4v) is 2.77. The number of carbonyl (C=O) groups excluding carboxylic acids is 1. The molecular formula is C21H20N2O2. The van der Waals surface area contributed by atoms with Crippen molar-refractivity contribution in [3.8, 4) is 12.1 Å². The maximum absolute atomic E-state index is 11.9. The molecule has 0 fully saturated rings. The summed E-state index contributed by atoms with van der Waals surface area (Å²) in [5, 5.41) is 17.9. The third-order valence-corrected chi connectivity index (χ3v) is 4.07. The molecule has 0 heterocycles. The van der Waals surface area contributed by atoms with E-state index in [1.54, 1.807) is 25.1 Å². The van der Waals surface area contributed by atoms with Gasteiger partial charge < -0.3 is 4.74 Å². The third-order valence-electron chi connectivity index (χ3n) is 4.07. The van der Waals surface area contributed by atoms with Gasteiger partial charge in [-0.15, -0.1) is 0 Å². The second-order valence-corrected chi connectivity index (χ2v) is 5.79. The standard InChI is InChI=1S/C21H20N2O2/c1-2-25-21(24)13-20(19-9-7-17(14-22)8-10-19)11-6-16-4-3-5-18(12-16)15-23/h3-5,7-10,12,20H,2,6,11,13H2,1H3. The van der Waals surface area contributed by atoms with Gasteiger partial charge in [-0.3, -0.25) is 4.79 Å². The van der Waals surface area contributed by atoms with Gasteiger partial charge in [-0.1, -0.05) is 24.3 Å². The number of rotatable bonds is 7. The SMILES string of the molecule is CCOC(=O)CC(CCc1cccc(C#N)c1)c1ccc(C#N)cc1. The number of benzene rings is 2. The molecule has 0 spiro atoms. The van der Waals surface area contributed by atoms with Crippen LogP contribution in [0.1, 0.15) is 47.9 Å².